The Bertz CT molecular complexity index is 1990. The predicted octanol–water partition coefficient (Wildman–Crippen LogP) is 9.94. The molecule has 0 spiro atoms. The minimum absolute atomic E-state index is 0.0472. The number of allylic oxidation sites excluding steroid dienone is 4. The number of rotatable bonds is 1. The molecule has 0 bridgehead atoms. The van der Waals surface area contributed by atoms with Crippen LogP contribution in [0, 0.1) is 5.92 Å². The van der Waals surface area contributed by atoms with Gasteiger partial charge in [-0.05, 0) is 56.3 Å². The molecule has 2 aliphatic carbocycles. The van der Waals surface area contributed by atoms with Gasteiger partial charge in [0.15, 0.2) is 0 Å². The van der Waals surface area contributed by atoms with E-state index < -0.39 is 0 Å². The average molecular weight is 476 g/mol. The van der Waals surface area contributed by atoms with Crippen molar-refractivity contribution in [2.24, 2.45) is 5.92 Å². The topological polar surface area (TPSA) is 15.8 Å². The Labute approximate surface area is 217 Å². The van der Waals surface area contributed by atoms with E-state index in [0.29, 0.717) is 5.92 Å². The third kappa shape index (κ3) is 2.64. The van der Waals surface area contributed by atoms with E-state index in [0.717, 1.165) is 6.42 Å². The van der Waals surface area contributed by atoms with E-state index >= 15 is 0 Å². The molecule has 1 aromatic heterocycles. The molecular formula is C36H29N. The van der Waals surface area contributed by atoms with Crippen molar-refractivity contribution < 1.29 is 0 Å². The first-order chi connectivity index (χ1) is 18.1. The van der Waals surface area contributed by atoms with E-state index in [-0.39, 0.29) is 5.41 Å². The lowest BCUT2D eigenvalue weighted by atomic mass is 9.74. The zero-order valence-corrected chi connectivity index (χ0v) is 21.5. The summed E-state index contributed by atoms with van der Waals surface area (Å²) in [5, 5.41) is 7.84. The smallest absolute Gasteiger partial charge is 0.0551 e. The average Bonchev–Trinajstić information content (AvgIpc) is 3.43. The summed E-state index contributed by atoms with van der Waals surface area (Å²) in [6, 6.07) is 31.4. The third-order valence-electron chi connectivity index (χ3n) is 9.04. The van der Waals surface area contributed by atoms with Crippen molar-refractivity contribution in [2.75, 3.05) is 0 Å². The SMILES string of the molecule is CC1CC=CC2=C1C(C)(C)c1cccc(-c3cccc4c3[nH]c3c5ccccc5c5ccccc5c43)c12. The number of hydrogen-bond acceptors (Lipinski definition) is 0. The van der Waals surface area contributed by atoms with Crippen LogP contribution >= 0.6 is 0 Å². The summed E-state index contributed by atoms with van der Waals surface area (Å²) in [5.41, 5.74) is 11.0. The standard InChI is InChI=1S/C36H29N/c1-21-11-8-18-28-31-25(16-10-20-30(31)36(2,3)33(21)28)27-17-9-19-29-32-24-14-6-4-12-22(24)23-13-5-7-15-26(23)35(32)37-34(27)29/h4-10,12-21,37H,11H2,1-3H3. The summed E-state index contributed by atoms with van der Waals surface area (Å²) >= 11 is 0. The van der Waals surface area contributed by atoms with Crippen molar-refractivity contribution >= 4 is 48.9 Å². The molecule has 178 valence electrons. The Balaban J connectivity index is 1.51. The molecule has 0 amide bonds. The first-order valence-corrected chi connectivity index (χ1v) is 13.4. The van der Waals surface area contributed by atoms with Crippen LogP contribution in [0.2, 0.25) is 0 Å². The highest BCUT2D eigenvalue weighted by Gasteiger charge is 2.41. The highest BCUT2D eigenvalue weighted by Crippen LogP contribution is 2.55. The molecule has 1 N–H and O–H groups in total. The Kier molecular flexibility index (Phi) is 4.11. The maximum atomic E-state index is 3.94. The predicted molar refractivity (Wildman–Crippen MR) is 159 cm³/mol. The third-order valence-corrected chi connectivity index (χ3v) is 9.04. The molecule has 1 heteroatoms. The van der Waals surface area contributed by atoms with Crippen molar-refractivity contribution in [3.63, 3.8) is 0 Å². The van der Waals surface area contributed by atoms with Crippen LogP contribution in [-0.4, -0.2) is 4.98 Å². The summed E-state index contributed by atoms with van der Waals surface area (Å²) in [5.74, 6) is 0.567. The zero-order valence-electron chi connectivity index (χ0n) is 21.5. The van der Waals surface area contributed by atoms with Gasteiger partial charge in [0.1, 0.15) is 0 Å². The second kappa shape index (κ2) is 7.23. The number of benzene rings is 5. The molecule has 0 aliphatic heterocycles. The minimum atomic E-state index is 0.0472. The Morgan fingerprint density at radius 3 is 2.14 bits per heavy atom. The fourth-order valence-electron chi connectivity index (χ4n) is 7.56. The van der Waals surface area contributed by atoms with Gasteiger partial charge in [-0.15, -0.1) is 0 Å². The summed E-state index contributed by atoms with van der Waals surface area (Å²) in [6.07, 6.45) is 5.88. The van der Waals surface area contributed by atoms with Gasteiger partial charge in [0.05, 0.1) is 11.0 Å². The zero-order chi connectivity index (χ0) is 24.9. The molecular weight excluding hydrogens is 446 g/mol. The Hall–Kier alpha value is -4.10. The highest BCUT2D eigenvalue weighted by molar-refractivity contribution is 6.32. The normalized spacial score (nSPS) is 18.3. The molecule has 5 aromatic carbocycles. The maximum Gasteiger partial charge on any atom is 0.0551 e. The Morgan fingerprint density at radius 2 is 1.32 bits per heavy atom. The fourth-order valence-corrected chi connectivity index (χ4v) is 7.56. The molecule has 0 saturated heterocycles. The first-order valence-electron chi connectivity index (χ1n) is 13.4. The number of aromatic amines is 1. The summed E-state index contributed by atoms with van der Waals surface area (Å²) < 4.78 is 0. The van der Waals surface area contributed by atoms with Gasteiger partial charge in [-0.25, -0.2) is 0 Å². The van der Waals surface area contributed by atoms with Gasteiger partial charge < -0.3 is 4.98 Å². The molecule has 0 fully saturated rings. The lowest BCUT2D eigenvalue weighted by Gasteiger charge is -2.30. The molecule has 0 radical (unpaired) electrons. The molecule has 6 aromatic rings. The molecule has 1 heterocycles. The number of para-hydroxylation sites is 1. The van der Waals surface area contributed by atoms with Crippen molar-refractivity contribution in [3.05, 3.63) is 114 Å². The van der Waals surface area contributed by atoms with Crippen LogP contribution in [0.4, 0.5) is 0 Å². The van der Waals surface area contributed by atoms with Crippen molar-refractivity contribution in [1.82, 2.24) is 4.98 Å². The van der Waals surface area contributed by atoms with E-state index in [2.05, 4.69) is 123 Å². The number of nitrogens with one attached hydrogen (secondary N) is 1. The van der Waals surface area contributed by atoms with Crippen LogP contribution in [0.1, 0.15) is 38.3 Å². The second-order valence-corrected chi connectivity index (χ2v) is 11.4. The summed E-state index contributed by atoms with van der Waals surface area (Å²) in [6.45, 7) is 7.21. The molecule has 1 nitrogen and oxygen atoms in total. The molecule has 0 saturated carbocycles. The number of hydrogen-bond donors (Lipinski definition) is 1. The molecule has 2 aliphatic rings. The van der Waals surface area contributed by atoms with Crippen LogP contribution < -0.4 is 0 Å². The van der Waals surface area contributed by atoms with Crippen molar-refractivity contribution in [3.8, 4) is 11.1 Å². The molecule has 8 rings (SSSR count). The summed E-state index contributed by atoms with van der Waals surface area (Å²) in [7, 11) is 0. The molecule has 1 atom stereocenters. The van der Waals surface area contributed by atoms with Crippen LogP contribution in [0.25, 0.3) is 60.1 Å². The molecule has 1 unspecified atom stereocenters. The quantitative estimate of drug-likeness (QED) is 0.228. The van der Waals surface area contributed by atoms with E-state index in [9.17, 15) is 0 Å². The highest BCUT2D eigenvalue weighted by atomic mass is 14.7. The van der Waals surface area contributed by atoms with E-state index in [1.54, 1.807) is 5.57 Å². The lowest BCUT2D eigenvalue weighted by Crippen LogP contribution is -2.22. The lowest BCUT2D eigenvalue weighted by molar-refractivity contribution is 0.530. The van der Waals surface area contributed by atoms with Gasteiger partial charge in [-0.1, -0.05) is 118 Å². The van der Waals surface area contributed by atoms with Crippen LogP contribution in [0.15, 0.2) is 103 Å². The Morgan fingerprint density at radius 1 is 0.676 bits per heavy atom. The summed E-state index contributed by atoms with van der Waals surface area (Å²) in [4.78, 5) is 3.94. The first kappa shape index (κ1) is 21.0. The van der Waals surface area contributed by atoms with Gasteiger partial charge in [0.25, 0.3) is 0 Å². The van der Waals surface area contributed by atoms with Gasteiger partial charge in [0.2, 0.25) is 0 Å². The number of H-pyrrole nitrogens is 1. The fraction of sp³-hybridized carbons (Fsp3) is 0.167. The van der Waals surface area contributed by atoms with Crippen molar-refractivity contribution in [1.29, 1.82) is 0 Å². The van der Waals surface area contributed by atoms with Crippen LogP contribution in [0.5, 0.6) is 0 Å². The van der Waals surface area contributed by atoms with Gasteiger partial charge in [-0.3, -0.25) is 0 Å². The minimum Gasteiger partial charge on any atom is -0.353 e. The second-order valence-electron chi connectivity index (χ2n) is 11.4. The largest absolute Gasteiger partial charge is 0.353 e. The van der Waals surface area contributed by atoms with Gasteiger partial charge >= 0.3 is 0 Å². The van der Waals surface area contributed by atoms with Crippen molar-refractivity contribution in [2.45, 2.75) is 32.6 Å². The monoisotopic (exact) mass is 475 g/mol. The maximum absolute atomic E-state index is 3.94. The van der Waals surface area contributed by atoms with Crippen LogP contribution in [0.3, 0.4) is 0 Å². The van der Waals surface area contributed by atoms with Gasteiger partial charge in [0, 0.05) is 27.1 Å². The van der Waals surface area contributed by atoms with E-state index in [1.807, 2.05) is 0 Å². The van der Waals surface area contributed by atoms with E-state index in [1.165, 1.54) is 71.2 Å². The van der Waals surface area contributed by atoms with Crippen LogP contribution in [-0.2, 0) is 5.41 Å². The van der Waals surface area contributed by atoms with Gasteiger partial charge in [-0.2, -0.15) is 0 Å². The number of aromatic nitrogens is 1. The number of fused-ring (bicyclic) bond motifs is 10. The molecule has 37 heavy (non-hydrogen) atoms. The van der Waals surface area contributed by atoms with E-state index in [4.69, 9.17) is 0 Å².